The van der Waals surface area contributed by atoms with Crippen LogP contribution in [0.2, 0.25) is 0 Å². The number of aryl methyl sites for hydroxylation is 1. The average molecular weight is 432 g/mol. The molecule has 0 saturated carbocycles. The molecular formula is C27H20N4O2. The van der Waals surface area contributed by atoms with Gasteiger partial charge < -0.3 is 14.7 Å². The number of allylic oxidation sites excluding steroid dienone is 1. The molecule has 2 N–H and O–H groups in total. The number of aromatic amines is 1. The highest BCUT2D eigenvalue weighted by Gasteiger charge is 2.12. The first-order valence-electron chi connectivity index (χ1n) is 10.5. The predicted molar refractivity (Wildman–Crippen MR) is 129 cm³/mol. The van der Waals surface area contributed by atoms with Gasteiger partial charge in [0.25, 0.3) is 0 Å². The van der Waals surface area contributed by atoms with Crippen molar-refractivity contribution >= 4 is 39.6 Å². The van der Waals surface area contributed by atoms with Crippen molar-refractivity contribution in [3.8, 4) is 6.07 Å². The van der Waals surface area contributed by atoms with Gasteiger partial charge in [0.2, 0.25) is 0 Å². The lowest BCUT2D eigenvalue weighted by Crippen LogP contribution is -2.01. The van der Waals surface area contributed by atoms with Crippen molar-refractivity contribution in [3.05, 3.63) is 101 Å². The van der Waals surface area contributed by atoms with E-state index in [9.17, 15) is 15.2 Å². The number of hydrogen-bond donors (Lipinski definition) is 2. The molecule has 0 amide bonds. The van der Waals surface area contributed by atoms with Crippen molar-refractivity contribution in [2.75, 3.05) is 0 Å². The molecule has 160 valence electrons. The molecule has 6 nitrogen and oxygen atoms in total. The molecule has 0 atom stereocenters. The number of carboxylic acids is 1. The highest BCUT2D eigenvalue weighted by molar-refractivity contribution is 5.98. The van der Waals surface area contributed by atoms with Gasteiger partial charge in [-0.3, -0.25) is 0 Å². The molecule has 6 heteroatoms. The summed E-state index contributed by atoms with van der Waals surface area (Å²) in [6.07, 6.45) is 3.83. The summed E-state index contributed by atoms with van der Waals surface area (Å²) in [4.78, 5) is 19.2. The molecule has 0 aliphatic heterocycles. The molecule has 5 rings (SSSR count). The zero-order valence-electron chi connectivity index (χ0n) is 17.9. The monoisotopic (exact) mass is 432 g/mol. The summed E-state index contributed by atoms with van der Waals surface area (Å²) < 4.78 is 2.07. The zero-order valence-corrected chi connectivity index (χ0v) is 17.9. The topological polar surface area (TPSA) is 94.7 Å². The standard InChI is InChI=1S/C27H20N4O2/c1-17-9-10-23-24(11-17)30-26(29-23)20(14-28)13-21-16-31(25-8-3-2-7-22(21)25)15-18-5-4-6-19(12-18)27(32)33/h2-13,16H,15H2,1H3,(H,29,30)(H,32,33)/b20-13+. The maximum atomic E-state index is 11.3. The molecule has 5 aromatic rings. The lowest BCUT2D eigenvalue weighted by Gasteiger charge is -2.06. The van der Waals surface area contributed by atoms with Gasteiger partial charge >= 0.3 is 5.97 Å². The summed E-state index contributed by atoms with van der Waals surface area (Å²) in [6.45, 7) is 2.53. The van der Waals surface area contributed by atoms with Crippen LogP contribution in [-0.4, -0.2) is 25.6 Å². The highest BCUT2D eigenvalue weighted by Crippen LogP contribution is 2.27. The number of aromatic nitrogens is 3. The minimum absolute atomic E-state index is 0.260. The number of nitriles is 1. The second-order valence-corrected chi connectivity index (χ2v) is 8.01. The SMILES string of the molecule is Cc1ccc2nc(/C(C#N)=C/c3cn(Cc4cccc(C(=O)O)c4)c4ccccc34)[nH]c2c1. The van der Waals surface area contributed by atoms with E-state index in [0.717, 1.165) is 38.6 Å². The van der Waals surface area contributed by atoms with Crippen molar-refractivity contribution in [1.29, 1.82) is 5.26 Å². The van der Waals surface area contributed by atoms with Crippen LogP contribution in [0, 0.1) is 18.3 Å². The predicted octanol–water partition coefficient (Wildman–Crippen LogP) is 5.64. The first kappa shape index (κ1) is 20.3. The van der Waals surface area contributed by atoms with E-state index >= 15 is 0 Å². The number of carbonyl (C=O) groups is 1. The Morgan fingerprint density at radius 3 is 2.82 bits per heavy atom. The van der Waals surface area contributed by atoms with E-state index in [1.165, 1.54) is 0 Å². The number of aromatic carboxylic acids is 1. The molecule has 3 aromatic carbocycles. The van der Waals surface area contributed by atoms with Crippen molar-refractivity contribution in [1.82, 2.24) is 14.5 Å². The minimum Gasteiger partial charge on any atom is -0.478 e. The zero-order chi connectivity index (χ0) is 22.9. The molecule has 33 heavy (non-hydrogen) atoms. The Labute approximate surface area is 190 Å². The van der Waals surface area contributed by atoms with Gasteiger partial charge in [-0.1, -0.05) is 36.4 Å². The van der Waals surface area contributed by atoms with E-state index in [4.69, 9.17) is 0 Å². The number of rotatable bonds is 5. The van der Waals surface area contributed by atoms with Crippen molar-refractivity contribution in [3.63, 3.8) is 0 Å². The molecule has 2 aromatic heterocycles. The Balaban J connectivity index is 1.58. The fourth-order valence-corrected chi connectivity index (χ4v) is 4.08. The fourth-order valence-electron chi connectivity index (χ4n) is 4.08. The maximum absolute atomic E-state index is 11.3. The van der Waals surface area contributed by atoms with Gasteiger partial charge in [0.15, 0.2) is 0 Å². The largest absolute Gasteiger partial charge is 0.478 e. The minimum atomic E-state index is -0.947. The number of nitrogens with zero attached hydrogens (tertiary/aromatic N) is 3. The third-order valence-corrected chi connectivity index (χ3v) is 5.66. The van der Waals surface area contributed by atoms with Crippen LogP contribution in [0.5, 0.6) is 0 Å². The van der Waals surface area contributed by atoms with E-state index in [2.05, 4.69) is 20.6 Å². The molecule has 0 spiro atoms. The molecule has 2 heterocycles. The smallest absolute Gasteiger partial charge is 0.335 e. The number of benzene rings is 3. The van der Waals surface area contributed by atoms with Crippen LogP contribution in [-0.2, 0) is 6.54 Å². The quantitative estimate of drug-likeness (QED) is 0.352. The Hall–Kier alpha value is -4.63. The van der Waals surface area contributed by atoms with Crippen LogP contribution in [0.15, 0.2) is 72.9 Å². The first-order valence-corrected chi connectivity index (χ1v) is 10.5. The number of hydrogen-bond acceptors (Lipinski definition) is 3. The Bertz CT molecular complexity index is 1600. The Morgan fingerprint density at radius 2 is 2.00 bits per heavy atom. The Kier molecular flexibility index (Phi) is 5.00. The number of H-pyrrole nitrogens is 1. The second kappa shape index (κ2) is 8.13. The Morgan fingerprint density at radius 1 is 1.15 bits per heavy atom. The van der Waals surface area contributed by atoms with E-state index in [0.29, 0.717) is 17.9 Å². The summed E-state index contributed by atoms with van der Waals surface area (Å²) in [5.41, 5.74) is 6.32. The lowest BCUT2D eigenvalue weighted by molar-refractivity contribution is 0.0696. The second-order valence-electron chi connectivity index (χ2n) is 8.01. The lowest BCUT2D eigenvalue weighted by atomic mass is 10.1. The first-order chi connectivity index (χ1) is 16.0. The van der Waals surface area contributed by atoms with Crippen LogP contribution in [0.1, 0.15) is 32.9 Å². The van der Waals surface area contributed by atoms with Crippen LogP contribution in [0.3, 0.4) is 0 Å². The third kappa shape index (κ3) is 3.88. The number of fused-ring (bicyclic) bond motifs is 2. The van der Waals surface area contributed by atoms with Gasteiger partial charge in [-0.05, 0) is 54.5 Å². The van der Waals surface area contributed by atoms with E-state index in [1.807, 2.05) is 67.7 Å². The molecular weight excluding hydrogens is 412 g/mol. The van der Waals surface area contributed by atoms with Gasteiger partial charge in [0, 0.05) is 29.2 Å². The summed E-state index contributed by atoms with van der Waals surface area (Å²) in [5.74, 6) is -0.415. The average Bonchev–Trinajstić information content (AvgIpc) is 3.38. The van der Waals surface area contributed by atoms with Gasteiger partial charge in [0.05, 0.1) is 22.2 Å². The fraction of sp³-hybridized carbons (Fsp3) is 0.0741. The molecule has 0 bridgehead atoms. The molecule has 0 fully saturated rings. The number of para-hydroxylation sites is 1. The van der Waals surface area contributed by atoms with Crippen molar-refractivity contribution in [2.45, 2.75) is 13.5 Å². The van der Waals surface area contributed by atoms with Crippen LogP contribution in [0.4, 0.5) is 0 Å². The van der Waals surface area contributed by atoms with Crippen LogP contribution < -0.4 is 0 Å². The molecule has 0 radical (unpaired) electrons. The summed E-state index contributed by atoms with van der Waals surface area (Å²) >= 11 is 0. The van der Waals surface area contributed by atoms with Gasteiger partial charge in [-0.25, -0.2) is 9.78 Å². The maximum Gasteiger partial charge on any atom is 0.335 e. The molecule has 0 aliphatic rings. The summed E-state index contributed by atoms with van der Waals surface area (Å²) in [6, 6.07) is 23.1. The molecule has 0 unspecified atom stereocenters. The summed E-state index contributed by atoms with van der Waals surface area (Å²) in [7, 11) is 0. The van der Waals surface area contributed by atoms with Crippen LogP contribution >= 0.6 is 0 Å². The van der Waals surface area contributed by atoms with Crippen molar-refractivity contribution in [2.24, 2.45) is 0 Å². The highest BCUT2D eigenvalue weighted by atomic mass is 16.4. The normalized spacial score (nSPS) is 11.7. The number of carboxylic acid groups (broad SMARTS) is 1. The number of nitrogens with one attached hydrogen (secondary N) is 1. The van der Waals surface area contributed by atoms with E-state index in [-0.39, 0.29) is 5.56 Å². The van der Waals surface area contributed by atoms with Crippen LogP contribution in [0.25, 0.3) is 33.6 Å². The van der Waals surface area contributed by atoms with Gasteiger partial charge in [-0.15, -0.1) is 0 Å². The van der Waals surface area contributed by atoms with Gasteiger partial charge in [-0.2, -0.15) is 5.26 Å². The summed E-state index contributed by atoms with van der Waals surface area (Å²) in [5, 5.41) is 20.2. The molecule has 0 aliphatic carbocycles. The van der Waals surface area contributed by atoms with Crippen molar-refractivity contribution < 1.29 is 9.90 Å². The van der Waals surface area contributed by atoms with E-state index < -0.39 is 5.97 Å². The van der Waals surface area contributed by atoms with E-state index in [1.54, 1.807) is 18.2 Å². The van der Waals surface area contributed by atoms with Gasteiger partial charge in [0.1, 0.15) is 11.9 Å². The number of imidazole rings is 1. The molecule has 0 saturated heterocycles. The third-order valence-electron chi connectivity index (χ3n) is 5.66.